The van der Waals surface area contributed by atoms with Gasteiger partial charge in [0.15, 0.2) is 0 Å². The number of fused-ring (bicyclic) bond motifs is 1. The van der Waals surface area contributed by atoms with Crippen molar-refractivity contribution in [3.63, 3.8) is 0 Å². The fourth-order valence-corrected chi connectivity index (χ4v) is 4.78. The molecule has 2 N–H and O–H groups in total. The maximum absolute atomic E-state index is 13.3. The number of ether oxygens (including phenoxy) is 2. The lowest BCUT2D eigenvalue weighted by Gasteiger charge is -2.28. The van der Waals surface area contributed by atoms with Crippen molar-refractivity contribution in [2.45, 2.75) is 39.5 Å². The molecule has 1 saturated carbocycles. The molecule has 0 saturated heterocycles. The van der Waals surface area contributed by atoms with Crippen LogP contribution in [-0.2, 0) is 4.74 Å². The van der Waals surface area contributed by atoms with E-state index in [1.54, 1.807) is 6.92 Å². The van der Waals surface area contributed by atoms with Crippen molar-refractivity contribution in [2.75, 3.05) is 26.3 Å². The summed E-state index contributed by atoms with van der Waals surface area (Å²) in [5.74, 6) is 1.63. The molecule has 1 aromatic heterocycles. The summed E-state index contributed by atoms with van der Waals surface area (Å²) in [6, 6.07) is 17.4. The molecule has 0 aliphatic heterocycles. The van der Waals surface area contributed by atoms with Crippen LogP contribution in [0.3, 0.4) is 0 Å². The highest BCUT2D eigenvalue weighted by molar-refractivity contribution is 6.07. The molecular weight excluding hydrogens is 454 g/mol. The maximum Gasteiger partial charge on any atom is 0.407 e. The highest BCUT2D eigenvalue weighted by Gasteiger charge is 2.23. The number of nitrogens with one attached hydrogen (secondary N) is 2. The third-order valence-corrected chi connectivity index (χ3v) is 6.75. The van der Waals surface area contributed by atoms with Gasteiger partial charge in [0.2, 0.25) is 0 Å². The summed E-state index contributed by atoms with van der Waals surface area (Å²) in [6.07, 6.45) is 3.79. The molecule has 3 aromatic rings. The van der Waals surface area contributed by atoms with E-state index < -0.39 is 0 Å². The zero-order chi connectivity index (χ0) is 25.3. The van der Waals surface area contributed by atoms with Gasteiger partial charge in [0.25, 0.3) is 5.91 Å². The Morgan fingerprint density at radius 1 is 0.889 bits per heavy atom. The molecule has 1 aliphatic carbocycles. The SMILES string of the molecule is CCOC(=O)NCC1CCC(CNC(=O)c2cc(-c3ccc(OCC)cc3)nc3ccccc23)CC1. The van der Waals surface area contributed by atoms with Crippen molar-refractivity contribution >= 4 is 22.9 Å². The first-order valence-electron chi connectivity index (χ1n) is 12.9. The molecule has 0 unspecified atom stereocenters. The Hall–Kier alpha value is -3.61. The van der Waals surface area contributed by atoms with Crippen molar-refractivity contribution in [1.29, 1.82) is 0 Å². The molecule has 0 spiro atoms. The first-order chi connectivity index (χ1) is 17.6. The fraction of sp³-hybridized carbons (Fsp3) is 0.414. The van der Waals surface area contributed by atoms with Crippen molar-refractivity contribution in [3.05, 3.63) is 60.2 Å². The standard InChI is InChI=1S/C29H35N3O4/c1-3-35-23-15-13-22(14-16-23)27-17-25(24-7-5-6-8-26(24)32-27)28(33)30-18-20-9-11-21(12-10-20)19-31-29(34)36-4-2/h5-8,13-17,20-21H,3-4,9-12,18-19H2,1-2H3,(H,30,33)(H,31,34). The third kappa shape index (κ3) is 6.53. The van der Waals surface area contributed by atoms with Gasteiger partial charge in [-0.3, -0.25) is 4.79 Å². The van der Waals surface area contributed by atoms with E-state index in [1.807, 2.05) is 61.5 Å². The zero-order valence-corrected chi connectivity index (χ0v) is 21.1. The smallest absolute Gasteiger partial charge is 0.407 e. The largest absolute Gasteiger partial charge is 0.494 e. The summed E-state index contributed by atoms with van der Waals surface area (Å²) in [6.45, 7) is 6.05. The van der Waals surface area contributed by atoms with Gasteiger partial charge < -0.3 is 20.1 Å². The van der Waals surface area contributed by atoms with Crippen molar-refractivity contribution in [3.8, 4) is 17.0 Å². The van der Waals surface area contributed by atoms with Gasteiger partial charge in [-0.15, -0.1) is 0 Å². The van der Waals surface area contributed by atoms with Crippen LogP contribution in [0.2, 0.25) is 0 Å². The predicted molar refractivity (Wildman–Crippen MR) is 141 cm³/mol. The normalized spacial score (nSPS) is 17.4. The molecule has 1 heterocycles. The molecule has 2 aromatic carbocycles. The lowest BCUT2D eigenvalue weighted by Crippen LogP contribution is -2.34. The van der Waals surface area contributed by atoms with E-state index >= 15 is 0 Å². The second-order valence-electron chi connectivity index (χ2n) is 9.23. The number of pyridine rings is 1. The molecule has 2 amide bonds. The van der Waals surface area contributed by atoms with E-state index in [-0.39, 0.29) is 12.0 Å². The summed E-state index contributed by atoms with van der Waals surface area (Å²) in [4.78, 5) is 29.6. The third-order valence-electron chi connectivity index (χ3n) is 6.75. The van der Waals surface area contributed by atoms with Gasteiger partial charge in [0.05, 0.1) is 30.0 Å². The number of amides is 2. The van der Waals surface area contributed by atoms with Crippen LogP contribution in [0.4, 0.5) is 4.79 Å². The van der Waals surface area contributed by atoms with Crippen LogP contribution in [0.15, 0.2) is 54.6 Å². The Kier molecular flexibility index (Phi) is 8.76. The number of alkyl carbamates (subject to hydrolysis) is 1. The van der Waals surface area contributed by atoms with Gasteiger partial charge in [-0.2, -0.15) is 0 Å². The number of aromatic nitrogens is 1. The molecule has 36 heavy (non-hydrogen) atoms. The number of para-hydroxylation sites is 1. The van der Waals surface area contributed by atoms with Crippen LogP contribution in [0.5, 0.6) is 5.75 Å². The number of hydrogen-bond acceptors (Lipinski definition) is 5. The Balaban J connectivity index is 1.39. The van der Waals surface area contributed by atoms with Gasteiger partial charge in [-0.1, -0.05) is 18.2 Å². The Morgan fingerprint density at radius 2 is 1.56 bits per heavy atom. The second kappa shape index (κ2) is 12.4. The number of nitrogens with zero attached hydrogens (tertiary/aromatic N) is 1. The molecule has 7 nitrogen and oxygen atoms in total. The molecular formula is C29H35N3O4. The fourth-order valence-electron chi connectivity index (χ4n) is 4.78. The zero-order valence-electron chi connectivity index (χ0n) is 21.1. The Morgan fingerprint density at radius 3 is 2.22 bits per heavy atom. The van der Waals surface area contributed by atoms with E-state index in [1.165, 1.54) is 0 Å². The highest BCUT2D eigenvalue weighted by atomic mass is 16.5. The van der Waals surface area contributed by atoms with Gasteiger partial charge in [-0.05, 0) is 87.8 Å². The van der Waals surface area contributed by atoms with Crippen LogP contribution in [0.1, 0.15) is 49.9 Å². The molecule has 1 fully saturated rings. The monoisotopic (exact) mass is 489 g/mol. The Bertz CT molecular complexity index is 1170. The summed E-state index contributed by atoms with van der Waals surface area (Å²) >= 11 is 0. The molecule has 4 rings (SSSR count). The number of carbonyl (C=O) groups excluding carboxylic acids is 2. The van der Waals surface area contributed by atoms with Crippen LogP contribution in [0.25, 0.3) is 22.2 Å². The molecule has 1 aliphatic rings. The van der Waals surface area contributed by atoms with E-state index in [0.717, 1.165) is 53.6 Å². The van der Waals surface area contributed by atoms with E-state index in [2.05, 4.69) is 10.6 Å². The lowest BCUT2D eigenvalue weighted by atomic mass is 9.82. The molecule has 0 atom stereocenters. The summed E-state index contributed by atoms with van der Waals surface area (Å²) in [5, 5.41) is 6.86. The van der Waals surface area contributed by atoms with Crippen LogP contribution < -0.4 is 15.4 Å². The van der Waals surface area contributed by atoms with Crippen molar-refractivity contribution in [2.24, 2.45) is 11.8 Å². The van der Waals surface area contributed by atoms with E-state index in [0.29, 0.717) is 43.7 Å². The lowest BCUT2D eigenvalue weighted by molar-refractivity contribution is 0.0942. The highest BCUT2D eigenvalue weighted by Crippen LogP contribution is 2.29. The van der Waals surface area contributed by atoms with Crippen LogP contribution in [0, 0.1) is 11.8 Å². The minimum absolute atomic E-state index is 0.0770. The van der Waals surface area contributed by atoms with E-state index in [4.69, 9.17) is 14.5 Å². The average molecular weight is 490 g/mol. The summed E-state index contributed by atoms with van der Waals surface area (Å²) in [7, 11) is 0. The molecule has 0 radical (unpaired) electrons. The minimum Gasteiger partial charge on any atom is -0.494 e. The topological polar surface area (TPSA) is 89.6 Å². The predicted octanol–water partition coefficient (Wildman–Crippen LogP) is 5.58. The number of rotatable bonds is 9. The quantitative estimate of drug-likeness (QED) is 0.409. The van der Waals surface area contributed by atoms with Gasteiger partial charge in [0, 0.05) is 24.0 Å². The van der Waals surface area contributed by atoms with Crippen LogP contribution in [-0.4, -0.2) is 43.3 Å². The second-order valence-corrected chi connectivity index (χ2v) is 9.23. The molecule has 190 valence electrons. The van der Waals surface area contributed by atoms with Gasteiger partial charge in [0.1, 0.15) is 5.75 Å². The first-order valence-corrected chi connectivity index (χ1v) is 12.9. The number of benzene rings is 2. The first kappa shape index (κ1) is 25.5. The molecule has 7 heteroatoms. The Labute approximate surface area is 212 Å². The number of hydrogen-bond donors (Lipinski definition) is 2. The van der Waals surface area contributed by atoms with Gasteiger partial charge >= 0.3 is 6.09 Å². The van der Waals surface area contributed by atoms with E-state index in [9.17, 15) is 9.59 Å². The van der Waals surface area contributed by atoms with Crippen molar-refractivity contribution in [1.82, 2.24) is 15.6 Å². The van der Waals surface area contributed by atoms with Crippen molar-refractivity contribution < 1.29 is 19.1 Å². The molecule has 0 bridgehead atoms. The average Bonchev–Trinajstić information content (AvgIpc) is 2.91. The minimum atomic E-state index is -0.346. The maximum atomic E-state index is 13.3. The number of carbonyl (C=O) groups is 2. The van der Waals surface area contributed by atoms with Crippen LogP contribution >= 0.6 is 0 Å². The summed E-state index contributed by atoms with van der Waals surface area (Å²) in [5.41, 5.74) is 3.13. The van der Waals surface area contributed by atoms with Gasteiger partial charge in [-0.25, -0.2) is 9.78 Å². The summed E-state index contributed by atoms with van der Waals surface area (Å²) < 4.78 is 10.5.